The number of carbonyl (C=O) groups is 5. The molecule has 9 heteroatoms. The summed E-state index contributed by atoms with van der Waals surface area (Å²) in [6.07, 6.45) is 5.42. The molecule has 5 amide bonds. The molecule has 0 aromatic heterocycles. The standard InChI is InChI=1S/C31H36N4O5/c1-20-6-5-7-22(18-20)21-13-16-34(17-14-21)28(37)8-3-2-4-15-32-23-9-10-24-25(19-23)31(40)35(30(24)39)26-11-12-27(36)33-29(26)38/h5-7,9-10,18-19,21,26,32H,2-4,8,11-17H2,1H3,(H,33,36,38). The van der Waals surface area contributed by atoms with Gasteiger partial charge in [0.25, 0.3) is 11.8 Å². The van der Waals surface area contributed by atoms with Gasteiger partial charge >= 0.3 is 0 Å². The molecule has 2 aromatic rings. The summed E-state index contributed by atoms with van der Waals surface area (Å²) in [6.45, 7) is 4.43. The quantitative estimate of drug-likeness (QED) is 0.367. The molecule has 0 spiro atoms. The molecule has 3 aliphatic rings. The highest BCUT2D eigenvalue weighted by Crippen LogP contribution is 2.30. The van der Waals surface area contributed by atoms with Crippen LogP contribution in [0.2, 0.25) is 0 Å². The minimum absolute atomic E-state index is 0.0920. The molecule has 2 N–H and O–H groups in total. The second-order valence-corrected chi connectivity index (χ2v) is 11.0. The smallest absolute Gasteiger partial charge is 0.262 e. The minimum Gasteiger partial charge on any atom is -0.385 e. The molecule has 3 heterocycles. The zero-order chi connectivity index (χ0) is 28.2. The van der Waals surface area contributed by atoms with E-state index in [-0.39, 0.29) is 29.9 Å². The molecule has 0 radical (unpaired) electrons. The minimum atomic E-state index is -0.969. The molecule has 40 heavy (non-hydrogen) atoms. The van der Waals surface area contributed by atoms with Crippen molar-refractivity contribution in [3.63, 3.8) is 0 Å². The predicted molar refractivity (Wildman–Crippen MR) is 150 cm³/mol. The molecule has 5 rings (SSSR count). The third-order valence-electron chi connectivity index (χ3n) is 8.20. The van der Waals surface area contributed by atoms with E-state index in [1.54, 1.807) is 18.2 Å². The molecule has 3 aliphatic heterocycles. The number of benzene rings is 2. The van der Waals surface area contributed by atoms with Gasteiger partial charge in [0.05, 0.1) is 11.1 Å². The van der Waals surface area contributed by atoms with Crippen LogP contribution in [0, 0.1) is 6.92 Å². The number of hydrogen-bond acceptors (Lipinski definition) is 6. The fourth-order valence-corrected chi connectivity index (χ4v) is 5.94. The van der Waals surface area contributed by atoms with E-state index in [1.165, 1.54) is 11.1 Å². The Hall–Kier alpha value is -4.01. The summed E-state index contributed by atoms with van der Waals surface area (Å²) < 4.78 is 0. The molecule has 2 saturated heterocycles. The molecule has 2 aromatic carbocycles. The molecule has 1 atom stereocenters. The summed E-state index contributed by atoms with van der Waals surface area (Å²) in [4.78, 5) is 65.1. The number of piperidine rings is 2. The van der Waals surface area contributed by atoms with E-state index in [0.29, 0.717) is 18.9 Å². The highest BCUT2D eigenvalue weighted by molar-refractivity contribution is 6.23. The van der Waals surface area contributed by atoms with E-state index >= 15 is 0 Å². The number of unbranched alkanes of at least 4 members (excludes halogenated alkanes) is 2. The van der Waals surface area contributed by atoms with Gasteiger partial charge in [-0.05, 0) is 68.7 Å². The summed E-state index contributed by atoms with van der Waals surface area (Å²) in [6, 6.07) is 12.7. The number of rotatable bonds is 9. The Morgan fingerprint density at radius 3 is 2.45 bits per heavy atom. The van der Waals surface area contributed by atoms with Gasteiger partial charge in [-0.15, -0.1) is 0 Å². The first-order valence-corrected chi connectivity index (χ1v) is 14.3. The largest absolute Gasteiger partial charge is 0.385 e. The Kier molecular flexibility index (Phi) is 8.28. The van der Waals surface area contributed by atoms with Gasteiger partial charge in [-0.3, -0.25) is 34.2 Å². The van der Waals surface area contributed by atoms with Gasteiger partial charge in [-0.2, -0.15) is 0 Å². The van der Waals surface area contributed by atoms with Gasteiger partial charge in [0, 0.05) is 38.2 Å². The maximum Gasteiger partial charge on any atom is 0.262 e. The van der Waals surface area contributed by atoms with Crippen LogP contribution in [0.1, 0.15) is 89.1 Å². The van der Waals surface area contributed by atoms with Gasteiger partial charge in [0.1, 0.15) is 6.04 Å². The van der Waals surface area contributed by atoms with Gasteiger partial charge in [0.2, 0.25) is 17.7 Å². The van der Waals surface area contributed by atoms with Crippen molar-refractivity contribution in [2.24, 2.45) is 0 Å². The van der Waals surface area contributed by atoms with E-state index in [4.69, 9.17) is 0 Å². The number of nitrogens with zero attached hydrogens (tertiary/aromatic N) is 2. The van der Waals surface area contributed by atoms with E-state index in [9.17, 15) is 24.0 Å². The fraction of sp³-hybridized carbons (Fsp3) is 0.452. The van der Waals surface area contributed by atoms with E-state index in [2.05, 4.69) is 41.8 Å². The maximum atomic E-state index is 13.0. The van der Waals surface area contributed by atoms with Crippen molar-refractivity contribution >= 4 is 35.2 Å². The molecular weight excluding hydrogens is 508 g/mol. The number of carbonyl (C=O) groups excluding carboxylic acids is 5. The monoisotopic (exact) mass is 544 g/mol. The Labute approximate surface area is 234 Å². The lowest BCUT2D eigenvalue weighted by Crippen LogP contribution is -2.54. The van der Waals surface area contributed by atoms with Crippen LogP contribution in [0.4, 0.5) is 5.69 Å². The van der Waals surface area contributed by atoms with Crippen LogP contribution in [0.15, 0.2) is 42.5 Å². The second kappa shape index (κ2) is 12.0. The second-order valence-electron chi connectivity index (χ2n) is 11.0. The Bertz CT molecular complexity index is 1330. The van der Waals surface area contributed by atoms with Gasteiger partial charge < -0.3 is 10.2 Å². The van der Waals surface area contributed by atoms with Crippen molar-refractivity contribution in [3.8, 4) is 0 Å². The van der Waals surface area contributed by atoms with Crippen LogP contribution < -0.4 is 10.6 Å². The van der Waals surface area contributed by atoms with Crippen LogP contribution in [-0.4, -0.2) is 65.0 Å². The highest BCUT2D eigenvalue weighted by atomic mass is 16.2. The number of hydrogen-bond donors (Lipinski definition) is 2. The molecule has 210 valence electrons. The van der Waals surface area contributed by atoms with Crippen molar-refractivity contribution in [3.05, 3.63) is 64.7 Å². The van der Waals surface area contributed by atoms with Crippen LogP contribution in [0.3, 0.4) is 0 Å². The molecule has 9 nitrogen and oxygen atoms in total. The topological polar surface area (TPSA) is 116 Å². The Balaban J connectivity index is 1.02. The van der Waals surface area contributed by atoms with Crippen molar-refractivity contribution in [1.29, 1.82) is 0 Å². The number of fused-ring (bicyclic) bond motifs is 1. The highest BCUT2D eigenvalue weighted by Gasteiger charge is 2.44. The van der Waals surface area contributed by atoms with Gasteiger partial charge in [-0.25, -0.2) is 0 Å². The Morgan fingerprint density at radius 1 is 0.925 bits per heavy atom. The summed E-state index contributed by atoms with van der Waals surface area (Å²) in [5.74, 6) is -1.27. The van der Waals surface area contributed by atoms with Crippen molar-refractivity contribution in [2.75, 3.05) is 25.0 Å². The predicted octanol–water partition coefficient (Wildman–Crippen LogP) is 3.77. The first-order valence-electron chi connectivity index (χ1n) is 14.3. The van der Waals surface area contributed by atoms with Gasteiger partial charge in [-0.1, -0.05) is 36.2 Å². The lowest BCUT2D eigenvalue weighted by atomic mass is 9.88. The molecule has 0 aliphatic carbocycles. The zero-order valence-corrected chi connectivity index (χ0v) is 22.9. The number of amides is 5. The summed E-state index contributed by atoms with van der Waals surface area (Å²) in [5.41, 5.74) is 3.91. The first-order chi connectivity index (χ1) is 19.3. The average Bonchev–Trinajstić information content (AvgIpc) is 3.19. The van der Waals surface area contributed by atoms with E-state index < -0.39 is 29.7 Å². The summed E-state index contributed by atoms with van der Waals surface area (Å²) >= 11 is 0. The number of anilines is 1. The molecule has 2 fully saturated rings. The van der Waals surface area contributed by atoms with Crippen molar-refractivity contribution in [1.82, 2.24) is 15.1 Å². The molecular formula is C31H36N4O5. The van der Waals surface area contributed by atoms with E-state index in [1.807, 2.05) is 4.90 Å². The molecule has 1 unspecified atom stereocenters. The summed E-state index contributed by atoms with van der Waals surface area (Å²) in [5, 5.41) is 5.50. The van der Waals surface area contributed by atoms with Crippen LogP contribution in [0.25, 0.3) is 0 Å². The normalized spacial score (nSPS) is 19.6. The Morgan fingerprint density at radius 2 is 1.70 bits per heavy atom. The van der Waals surface area contributed by atoms with Gasteiger partial charge in [0.15, 0.2) is 0 Å². The lowest BCUT2D eigenvalue weighted by Gasteiger charge is -2.32. The van der Waals surface area contributed by atoms with Crippen molar-refractivity contribution in [2.45, 2.75) is 70.3 Å². The number of imide groups is 2. The average molecular weight is 545 g/mol. The zero-order valence-electron chi connectivity index (χ0n) is 22.9. The fourth-order valence-electron chi connectivity index (χ4n) is 5.94. The number of aryl methyl sites for hydroxylation is 1. The molecule has 0 bridgehead atoms. The maximum absolute atomic E-state index is 13.0. The van der Waals surface area contributed by atoms with Crippen LogP contribution in [-0.2, 0) is 14.4 Å². The number of likely N-dealkylation sites (tertiary alicyclic amines) is 1. The number of nitrogens with one attached hydrogen (secondary N) is 2. The SMILES string of the molecule is Cc1cccc(C2CCN(C(=O)CCCCCNc3ccc4c(c3)C(=O)N(C3CCC(=O)NC3=O)C4=O)CC2)c1. The summed E-state index contributed by atoms with van der Waals surface area (Å²) in [7, 11) is 0. The van der Waals surface area contributed by atoms with Crippen LogP contribution in [0.5, 0.6) is 0 Å². The van der Waals surface area contributed by atoms with Crippen LogP contribution >= 0.6 is 0 Å². The first kappa shape index (κ1) is 27.6. The molecule has 0 saturated carbocycles. The van der Waals surface area contributed by atoms with Crippen molar-refractivity contribution < 1.29 is 24.0 Å². The van der Waals surface area contributed by atoms with E-state index in [0.717, 1.165) is 55.8 Å². The lowest BCUT2D eigenvalue weighted by molar-refractivity contribution is -0.136. The third kappa shape index (κ3) is 5.93. The third-order valence-corrected chi connectivity index (χ3v) is 8.20.